The number of hydrogen-bond donors (Lipinski definition) is 0. The van der Waals surface area contributed by atoms with E-state index < -0.39 is 0 Å². The summed E-state index contributed by atoms with van der Waals surface area (Å²) in [4.78, 5) is 17.1. The Balaban J connectivity index is 1.99. The number of oxazole rings is 1. The Kier molecular flexibility index (Phi) is 2.91. The van der Waals surface area contributed by atoms with Gasteiger partial charge in [-0.05, 0) is 12.8 Å². The van der Waals surface area contributed by atoms with Crippen molar-refractivity contribution in [3.8, 4) is 6.07 Å². The van der Waals surface area contributed by atoms with Crippen LogP contribution in [0.25, 0.3) is 0 Å². The number of aromatic nitrogens is 1. The average Bonchev–Trinajstić information content (AvgIpc) is 2.77. The van der Waals surface area contributed by atoms with Crippen LogP contribution in [0.1, 0.15) is 37.3 Å². The van der Waals surface area contributed by atoms with E-state index in [-0.39, 0.29) is 11.8 Å². The van der Waals surface area contributed by atoms with Crippen molar-refractivity contribution < 1.29 is 9.21 Å². The Bertz CT molecular complexity index is 425. The van der Waals surface area contributed by atoms with E-state index in [0.29, 0.717) is 11.6 Å². The van der Waals surface area contributed by atoms with Crippen LogP contribution in [0.5, 0.6) is 0 Å². The zero-order valence-corrected chi connectivity index (χ0v) is 9.14. The molecule has 16 heavy (non-hydrogen) atoms. The summed E-state index contributed by atoms with van der Waals surface area (Å²) in [5, 5.41) is 8.64. The number of piperidine rings is 1. The number of hydrogen-bond acceptors (Lipinski definition) is 4. The molecule has 5 heteroatoms. The molecular weight excluding hydrogens is 206 g/mol. The zero-order valence-electron chi connectivity index (χ0n) is 9.14. The van der Waals surface area contributed by atoms with Gasteiger partial charge in [0.05, 0.1) is 0 Å². The predicted octanol–water partition coefficient (Wildman–Crippen LogP) is 1.27. The Hall–Kier alpha value is -1.83. The summed E-state index contributed by atoms with van der Waals surface area (Å²) in [6, 6.07) is 1.94. The molecule has 0 aromatic carbocycles. The summed E-state index contributed by atoms with van der Waals surface area (Å²) in [6.45, 7) is 3.06. The lowest BCUT2D eigenvalue weighted by Crippen LogP contribution is -2.36. The highest BCUT2D eigenvalue weighted by Crippen LogP contribution is 2.27. The van der Waals surface area contributed by atoms with Gasteiger partial charge in [0.15, 0.2) is 11.6 Å². The smallest absolute Gasteiger partial charge is 0.219 e. The van der Waals surface area contributed by atoms with Crippen molar-refractivity contribution in [2.45, 2.75) is 25.7 Å². The number of amides is 1. The maximum Gasteiger partial charge on any atom is 0.219 e. The van der Waals surface area contributed by atoms with Crippen molar-refractivity contribution in [2.75, 3.05) is 13.1 Å². The fourth-order valence-corrected chi connectivity index (χ4v) is 1.97. The standard InChI is InChI=1S/C11H13N3O2/c1-8(15)14-4-2-9(3-5-14)11-13-10(6-12)7-16-11/h7,9H,2-5H2,1H3. The molecule has 1 aromatic heterocycles. The maximum atomic E-state index is 11.1. The molecule has 1 aromatic rings. The van der Waals surface area contributed by atoms with Gasteiger partial charge in [0.2, 0.25) is 5.91 Å². The Morgan fingerprint density at radius 2 is 2.31 bits per heavy atom. The number of carbonyl (C=O) groups excluding carboxylic acids is 1. The summed E-state index contributed by atoms with van der Waals surface area (Å²) >= 11 is 0. The van der Waals surface area contributed by atoms with Crippen LogP contribution in [0.3, 0.4) is 0 Å². The zero-order chi connectivity index (χ0) is 11.5. The predicted molar refractivity (Wildman–Crippen MR) is 55.4 cm³/mol. The van der Waals surface area contributed by atoms with Gasteiger partial charge in [0.25, 0.3) is 0 Å². The lowest BCUT2D eigenvalue weighted by atomic mass is 9.97. The van der Waals surface area contributed by atoms with Crippen LogP contribution in [-0.2, 0) is 4.79 Å². The molecule has 1 aliphatic heterocycles. The van der Waals surface area contributed by atoms with Gasteiger partial charge in [-0.1, -0.05) is 0 Å². The molecule has 1 saturated heterocycles. The van der Waals surface area contributed by atoms with E-state index in [1.54, 1.807) is 6.92 Å². The van der Waals surface area contributed by atoms with Gasteiger partial charge in [0, 0.05) is 25.9 Å². The maximum absolute atomic E-state index is 11.1. The number of carbonyl (C=O) groups is 1. The second-order valence-electron chi connectivity index (χ2n) is 3.96. The topological polar surface area (TPSA) is 70.1 Å². The molecule has 0 aliphatic carbocycles. The van der Waals surface area contributed by atoms with Crippen molar-refractivity contribution in [2.24, 2.45) is 0 Å². The highest BCUT2D eigenvalue weighted by atomic mass is 16.3. The molecule has 2 heterocycles. The van der Waals surface area contributed by atoms with Gasteiger partial charge in [-0.2, -0.15) is 5.26 Å². The quantitative estimate of drug-likeness (QED) is 0.713. The Morgan fingerprint density at radius 3 is 2.81 bits per heavy atom. The van der Waals surface area contributed by atoms with Crippen LogP contribution in [0.2, 0.25) is 0 Å². The van der Waals surface area contributed by atoms with E-state index >= 15 is 0 Å². The third-order valence-corrected chi connectivity index (χ3v) is 2.93. The largest absolute Gasteiger partial charge is 0.447 e. The van der Waals surface area contributed by atoms with Gasteiger partial charge in [-0.25, -0.2) is 4.98 Å². The summed E-state index contributed by atoms with van der Waals surface area (Å²) in [6.07, 6.45) is 3.09. The van der Waals surface area contributed by atoms with E-state index in [2.05, 4.69) is 4.98 Å². The summed E-state index contributed by atoms with van der Waals surface area (Å²) < 4.78 is 5.25. The number of nitriles is 1. The second-order valence-corrected chi connectivity index (χ2v) is 3.96. The van der Waals surface area contributed by atoms with Crippen molar-refractivity contribution in [1.29, 1.82) is 5.26 Å². The van der Waals surface area contributed by atoms with Crippen LogP contribution in [-0.4, -0.2) is 28.9 Å². The first-order chi connectivity index (χ1) is 7.70. The molecule has 0 unspecified atom stereocenters. The summed E-state index contributed by atoms with van der Waals surface area (Å²) in [5.74, 6) is 0.973. The number of likely N-dealkylation sites (tertiary alicyclic amines) is 1. The fourth-order valence-electron chi connectivity index (χ4n) is 1.97. The van der Waals surface area contributed by atoms with Gasteiger partial charge >= 0.3 is 0 Å². The van der Waals surface area contributed by atoms with E-state index in [1.165, 1.54) is 6.26 Å². The molecule has 1 fully saturated rings. The molecule has 0 atom stereocenters. The molecule has 0 bridgehead atoms. The molecule has 0 spiro atoms. The minimum atomic E-state index is 0.114. The molecule has 84 valence electrons. The van der Waals surface area contributed by atoms with E-state index in [0.717, 1.165) is 25.9 Å². The molecule has 2 rings (SSSR count). The summed E-state index contributed by atoms with van der Waals surface area (Å²) in [7, 11) is 0. The normalized spacial score (nSPS) is 17.1. The number of rotatable bonds is 1. The molecular formula is C11H13N3O2. The fraction of sp³-hybridized carbons (Fsp3) is 0.545. The monoisotopic (exact) mass is 219 g/mol. The van der Waals surface area contributed by atoms with Gasteiger partial charge in [0.1, 0.15) is 12.3 Å². The van der Waals surface area contributed by atoms with E-state index in [9.17, 15) is 4.79 Å². The molecule has 0 saturated carbocycles. The Labute approximate surface area is 93.7 Å². The SMILES string of the molecule is CC(=O)N1CCC(c2nc(C#N)co2)CC1. The minimum absolute atomic E-state index is 0.114. The third kappa shape index (κ3) is 2.06. The Morgan fingerprint density at radius 1 is 1.62 bits per heavy atom. The molecule has 0 radical (unpaired) electrons. The highest BCUT2D eigenvalue weighted by Gasteiger charge is 2.25. The molecule has 5 nitrogen and oxygen atoms in total. The lowest BCUT2D eigenvalue weighted by molar-refractivity contribution is -0.129. The van der Waals surface area contributed by atoms with Gasteiger partial charge in [-0.15, -0.1) is 0 Å². The van der Waals surface area contributed by atoms with Crippen LogP contribution < -0.4 is 0 Å². The first-order valence-electron chi connectivity index (χ1n) is 5.31. The van der Waals surface area contributed by atoms with Crippen LogP contribution >= 0.6 is 0 Å². The van der Waals surface area contributed by atoms with E-state index in [1.807, 2.05) is 11.0 Å². The third-order valence-electron chi connectivity index (χ3n) is 2.93. The average molecular weight is 219 g/mol. The molecule has 0 N–H and O–H groups in total. The second kappa shape index (κ2) is 4.35. The van der Waals surface area contributed by atoms with Crippen LogP contribution in [0, 0.1) is 11.3 Å². The molecule has 1 aliphatic rings. The van der Waals surface area contributed by atoms with Gasteiger partial charge in [-0.3, -0.25) is 4.79 Å². The van der Waals surface area contributed by atoms with Crippen LogP contribution in [0.15, 0.2) is 10.7 Å². The van der Waals surface area contributed by atoms with Crippen LogP contribution in [0.4, 0.5) is 0 Å². The van der Waals surface area contributed by atoms with Crippen molar-refractivity contribution in [3.05, 3.63) is 17.8 Å². The highest BCUT2D eigenvalue weighted by molar-refractivity contribution is 5.73. The number of nitrogens with zero attached hydrogens (tertiary/aromatic N) is 3. The van der Waals surface area contributed by atoms with Crippen molar-refractivity contribution >= 4 is 5.91 Å². The first-order valence-corrected chi connectivity index (χ1v) is 5.31. The first kappa shape index (κ1) is 10.7. The van der Waals surface area contributed by atoms with Crippen molar-refractivity contribution in [1.82, 2.24) is 9.88 Å². The van der Waals surface area contributed by atoms with E-state index in [4.69, 9.17) is 9.68 Å². The minimum Gasteiger partial charge on any atom is -0.447 e. The van der Waals surface area contributed by atoms with Gasteiger partial charge < -0.3 is 9.32 Å². The lowest BCUT2D eigenvalue weighted by Gasteiger charge is -2.29. The van der Waals surface area contributed by atoms with Crippen molar-refractivity contribution in [3.63, 3.8) is 0 Å². The summed E-state index contributed by atoms with van der Waals surface area (Å²) in [5.41, 5.74) is 0.323. The molecule has 1 amide bonds.